The van der Waals surface area contributed by atoms with Crippen LogP contribution in [0.5, 0.6) is 11.5 Å². The maximum Gasteiger partial charge on any atom is 0.308 e. The molecular weight excluding hydrogens is 292 g/mol. The standard InChI is InChI=1S/C15H20O7/c1-4-22-14(18)7-11(17)15(19)10-6-12(20-2)9(8-16)5-13(10)21-3/h5-6,8,11,15,17,19H,4,7H2,1-3H3. The van der Waals surface area contributed by atoms with E-state index in [0.29, 0.717) is 6.29 Å². The van der Waals surface area contributed by atoms with Gasteiger partial charge in [0.25, 0.3) is 0 Å². The third-order valence-corrected chi connectivity index (χ3v) is 3.07. The van der Waals surface area contributed by atoms with Gasteiger partial charge in [-0.1, -0.05) is 0 Å². The molecule has 1 aromatic rings. The molecule has 0 aliphatic heterocycles. The van der Waals surface area contributed by atoms with Crippen LogP contribution in [0, 0.1) is 0 Å². The van der Waals surface area contributed by atoms with Gasteiger partial charge in [-0.3, -0.25) is 9.59 Å². The van der Waals surface area contributed by atoms with Gasteiger partial charge in [0.15, 0.2) is 6.29 Å². The molecule has 1 aromatic carbocycles. The molecule has 0 fully saturated rings. The van der Waals surface area contributed by atoms with Gasteiger partial charge in [0.05, 0.1) is 38.9 Å². The van der Waals surface area contributed by atoms with Crippen molar-refractivity contribution in [3.05, 3.63) is 23.3 Å². The van der Waals surface area contributed by atoms with Gasteiger partial charge in [-0.15, -0.1) is 0 Å². The summed E-state index contributed by atoms with van der Waals surface area (Å²) in [6.07, 6.45) is -2.55. The van der Waals surface area contributed by atoms with Crippen LogP contribution >= 0.6 is 0 Å². The first-order chi connectivity index (χ1) is 10.5. The molecule has 0 saturated carbocycles. The number of aldehydes is 1. The zero-order chi connectivity index (χ0) is 16.7. The van der Waals surface area contributed by atoms with Crippen LogP contribution in [0.4, 0.5) is 0 Å². The van der Waals surface area contributed by atoms with Crippen molar-refractivity contribution in [1.29, 1.82) is 0 Å². The minimum atomic E-state index is -1.39. The topological polar surface area (TPSA) is 102 Å². The number of benzene rings is 1. The van der Waals surface area contributed by atoms with Crippen LogP contribution in [-0.4, -0.2) is 49.4 Å². The molecule has 2 N–H and O–H groups in total. The molecule has 7 heteroatoms. The molecular formula is C15H20O7. The molecule has 2 unspecified atom stereocenters. The van der Waals surface area contributed by atoms with E-state index in [0.717, 1.165) is 0 Å². The summed E-state index contributed by atoms with van der Waals surface area (Å²) in [7, 11) is 2.74. The first-order valence-corrected chi connectivity index (χ1v) is 6.71. The van der Waals surface area contributed by atoms with Crippen molar-refractivity contribution in [3.63, 3.8) is 0 Å². The van der Waals surface area contributed by atoms with Crippen LogP contribution in [0.25, 0.3) is 0 Å². The van der Waals surface area contributed by atoms with E-state index < -0.39 is 18.2 Å². The van der Waals surface area contributed by atoms with Gasteiger partial charge in [0.2, 0.25) is 0 Å². The number of ether oxygens (including phenoxy) is 3. The number of hydrogen-bond acceptors (Lipinski definition) is 7. The normalized spacial score (nSPS) is 13.1. The number of esters is 1. The molecule has 22 heavy (non-hydrogen) atoms. The summed E-state index contributed by atoms with van der Waals surface area (Å²) in [6, 6.07) is 2.78. The lowest BCUT2D eigenvalue weighted by Gasteiger charge is -2.21. The Labute approximate surface area is 128 Å². The second-order valence-corrected chi connectivity index (χ2v) is 4.48. The van der Waals surface area contributed by atoms with Gasteiger partial charge in [-0.05, 0) is 19.1 Å². The Morgan fingerprint density at radius 1 is 1.23 bits per heavy atom. The molecule has 0 aromatic heterocycles. The second-order valence-electron chi connectivity index (χ2n) is 4.48. The van der Waals surface area contributed by atoms with E-state index in [9.17, 15) is 19.8 Å². The van der Waals surface area contributed by atoms with Gasteiger partial charge < -0.3 is 24.4 Å². The molecule has 0 saturated heterocycles. The molecule has 0 aliphatic rings. The summed E-state index contributed by atoms with van der Waals surface area (Å²) in [5.41, 5.74) is 0.455. The summed E-state index contributed by atoms with van der Waals surface area (Å²) in [4.78, 5) is 22.3. The summed E-state index contributed by atoms with van der Waals surface area (Å²) in [5, 5.41) is 20.2. The zero-order valence-corrected chi connectivity index (χ0v) is 12.7. The predicted molar refractivity (Wildman–Crippen MR) is 77.2 cm³/mol. The third-order valence-electron chi connectivity index (χ3n) is 3.07. The van der Waals surface area contributed by atoms with Crippen LogP contribution in [0.3, 0.4) is 0 Å². The zero-order valence-electron chi connectivity index (χ0n) is 12.7. The maximum absolute atomic E-state index is 11.4. The van der Waals surface area contributed by atoms with Gasteiger partial charge in [0.1, 0.15) is 17.6 Å². The quantitative estimate of drug-likeness (QED) is 0.542. The van der Waals surface area contributed by atoms with Crippen molar-refractivity contribution in [1.82, 2.24) is 0 Å². The van der Waals surface area contributed by atoms with Crippen LogP contribution in [0.1, 0.15) is 35.4 Å². The van der Waals surface area contributed by atoms with Gasteiger partial charge in [-0.25, -0.2) is 0 Å². The lowest BCUT2D eigenvalue weighted by Crippen LogP contribution is -2.23. The van der Waals surface area contributed by atoms with E-state index in [1.165, 1.54) is 26.4 Å². The van der Waals surface area contributed by atoms with Crippen molar-refractivity contribution in [2.75, 3.05) is 20.8 Å². The Hall–Kier alpha value is -2.12. The summed E-state index contributed by atoms with van der Waals surface area (Å²) >= 11 is 0. The molecule has 0 heterocycles. The van der Waals surface area contributed by atoms with E-state index in [-0.39, 0.29) is 35.7 Å². The second kappa shape index (κ2) is 8.35. The molecule has 7 nitrogen and oxygen atoms in total. The molecule has 1 rings (SSSR count). The van der Waals surface area contributed by atoms with E-state index in [1.54, 1.807) is 6.92 Å². The number of carbonyl (C=O) groups is 2. The van der Waals surface area contributed by atoms with Crippen molar-refractivity contribution in [2.24, 2.45) is 0 Å². The Morgan fingerprint density at radius 2 is 1.86 bits per heavy atom. The lowest BCUT2D eigenvalue weighted by molar-refractivity contribution is -0.147. The molecule has 0 radical (unpaired) electrons. The molecule has 122 valence electrons. The van der Waals surface area contributed by atoms with Crippen molar-refractivity contribution >= 4 is 12.3 Å². The Morgan fingerprint density at radius 3 is 2.36 bits per heavy atom. The summed E-state index contributed by atoms with van der Waals surface area (Å²) < 4.78 is 14.9. The minimum Gasteiger partial charge on any atom is -0.496 e. The maximum atomic E-state index is 11.4. The fourth-order valence-electron chi connectivity index (χ4n) is 1.98. The van der Waals surface area contributed by atoms with E-state index in [1.807, 2.05) is 0 Å². The van der Waals surface area contributed by atoms with Crippen molar-refractivity contribution in [2.45, 2.75) is 25.6 Å². The number of aliphatic hydroxyl groups excluding tert-OH is 2. The fraction of sp³-hybridized carbons (Fsp3) is 0.467. The first kappa shape index (κ1) is 17.9. The number of methoxy groups -OCH3 is 2. The van der Waals surface area contributed by atoms with E-state index in [2.05, 4.69) is 0 Å². The largest absolute Gasteiger partial charge is 0.496 e. The van der Waals surface area contributed by atoms with E-state index in [4.69, 9.17) is 14.2 Å². The van der Waals surface area contributed by atoms with Gasteiger partial charge in [0, 0.05) is 5.56 Å². The number of carbonyl (C=O) groups excluding carboxylic acids is 2. The number of aliphatic hydroxyl groups is 2. The molecule has 0 aliphatic carbocycles. The molecule has 0 spiro atoms. The first-order valence-electron chi connectivity index (χ1n) is 6.71. The Kier molecular flexibility index (Phi) is 6.81. The van der Waals surface area contributed by atoms with Crippen LogP contribution < -0.4 is 9.47 Å². The third kappa shape index (κ3) is 4.19. The highest BCUT2D eigenvalue weighted by molar-refractivity contribution is 5.81. The monoisotopic (exact) mass is 312 g/mol. The average molecular weight is 312 g/mol. The van der Waals surface area contributed by atoms with Crippen molar-refractivity contribution < 1.29 is 34.0 Å². The molecule has 2 atom stereocenters. The Balaban J connectivity index is 3.07. The lowest BCUT2D eigenvalue weighted by atomic mass is 9.99. The van der Waals surface area contributed by atoms with Crippen LogP contribution in [-0.2, 0) is 9.53 Å². The smallest absolute Gasteiger partial charge is 0.308 e. The molecule has 0 amide bonds. The van der Waals surface area contributed by atoms with E-state index >= 15 is 0 Å². The van der Waals surface area contributed by atoms with Crippen LogP contribution in [0.15, 0.2) is 12.1 Å². The van der Waals surface area contributed by atoms with Gasteiger partial charge >= 0.3 is 5.97 Å². The predicted octanol–water partition coefficient (Wildman–Crippen LogP) is 0.864. The number of hydrogen-bond donors (Lipinski definition) is 2. The Bertz CT molecular complexity index is 527. The van der Waals surface area contributed by atoms with Crippen molar-refractivity contribution in [3.8, 4) is 11.5 Å². The number of rotatable bonds is 8. The summed E-state index contributed by atoms with van der Waals surface area (Å²) in [6.45, 7) is 1.83. The highest BCUT2D eigenvalue weighted by atomic mass is 16.5. The summed E-state index contributed by atoms with van der Waals surface area (Å²) in [5.74, 6) is -0.184. The average Bonchev–Trinajstić information content (AvgIpc) is 2.52. The highest BCUT2D eigenvalue weighted by Crippen LogP contribution is 2.34. The fourth-order valence-corrected chi connectivity index (χ4v) is 1.98. The highest BCUT2D eigenvalue weighted by Gasteiger charge is 2.26. The SMILES string of the molecule is CCOC(=O)CC(O)C(O)c1cc(OC)c(C=O)cc1OC. The minimum absolute atomic E-state index is 0.187. The van der Waals surface area contributed by atoms with Crippen LogP contribution in [0.2, 0.25) is 0 Å². The van der Waals surface area contributed by atoms with Gasteiger partial charge in [-0.2, -0.15) is 0 Å². The molecule has 0 bridgehead atoms.